The number of piperidine rings is 1. The van der Waals surface area contributed by atoms with E-state index in [1.807, 2.05) is 17.5 Å². The zero-order valence-electron chi connectivity index (χ0n) is 17.9. The minimum atomic E-state index is 0.422. The van der Waals surface area contributed by atoms with Crippen LogP contribution in [0.3, 0.4) is 0 Å². The first kappa shape index (κ1) is 20.3. The van der Waals surface area contributed by atoms with Gasteiger partial charge in [0.1, 0.15) is 12.1 Å². The number of hydrogen-bond acceptors (Lipinski definition) is 10. The molecule has 10 heteroatoms. The SMILES string of the molecule is CON1CCCC(COc2nc(N3CCOCC3)nc3c2CCN3c2cncnc2)C1. The summed E-state index contributed by atoms with van der Waals surface area (Å²) in [4.78, 5) is 27.9. The van der Waals surface area contributed by atoms with Crippen molar-refractivity contribution in [1.29, 1.82) is 0 Å². The van der Waals surface area contributed by atoms with Crippen molar-refractivity contribution in [1.82, 2.24) is 25.0 Å². The molecular formula is C21H29N7O3. The van der Waals surface area contributed by atoms with Crippen LogP contribution >= 0.6 is 0 Å². The largest absolute Gasteiger partial charge is 0.477 e. The molecule has 5 rings (SSSR count). The van der Waals surface area contributed by atoms with Crippen molar-refractivity contribution in [3.8, 4) is 5.88 Å². The van der Waals surface area contributed by atoms with E-state index < -0.39 is 0 Å². The number of ether oxygens (including phenoxy) is 2. The second-order valence-corrected chi connectivity index (χ2v) is 8.12. The minimum absolute atomic E-state index is 0.422. The van der Waals surface area contributed by atoms with Crippen LogP contribution in [-0.4, -0.2) is 84.7 Å². The van der Waals surface area contributed by atoms with E-state index in [0.29, 0.717) is 37.6 Å². The fourth-order valence-electron chi connectivity index (χ4n) is 4.44. The van der Waals surface area contributed by atoms with E-state index in [9.17, 15) is 0 Å². The van der Waals surface area contributed by atoms with Crippen molar-refractivity contribution in [2.75, 3.05) is 69.5 Å². The smallest absolute Gasteiger partial charge is 0.230 e. The topological polar surface area (TPSA) is 89.0 Å². The van der Waals surface area contributed by atoms with Crippen molar-refractivity contribution in [2.45, 2.75) is 19.3 Å². The van der Waals surface area contributed by atoms with Gasteiger partial charge in [-0.15, -0.1) is 0 Å². The van der Waals surface area contributed by atoms with Crippen molar-refractivity contribution in [3.05, 3.63) is 24.3 Å². The molecule has 10 nitrogen and oxygen atoms in total. The zero-order valence-corrected chi connectivity index (χ0v) is 17.9. The third-order valence-corrected chi connectivity index (χ3v) is 6.12. The van der Waals surface area contributed by atoms with Gasteiger partial charge in [-0.3, -0.25) is 0 Å². The highest BCUT2D eigenvalue weighted by atomic mass is 16.7. The number of nitrogens with zero attached hydrogens (tertiary/aromatic N) is 7. The summed E-state index contributed by atoms with van der Waals surface area (Å²) in [5, 5.41) is 2.01. The molecule has 2 fully saturated rings. The lowest BCUT2D eigenvalue weighted by Gasteiger charge is -2.31. The van der Waals surface area contributed by atoms with Gasteiger partial charge in [0.25, 0.3) is 0 Å². The Labute approximate surface area is 182 Å². The van der Waals surface area contributed by atoms with Gasteiger partial charge in [0, 0.05) is 38.6 Å². The fourth-order valence-corrected chi connectivity index (χ4v) is 4.44. The fraction of sp³-hybridized carbons (Fsp3) is 0.619. The van der Waals surface area contributed by atoms with E-state index in [2.05, 4.69) is 19.8 Å². The lowest BCUT2D eigenvalue weighted by Crippen LogP contribution is -2.38. The number of hydrogen-bond donors (Lipinski definition) is 0. The molecule has 0 spiro atoms. The maximum atomic E-state index is 6.35. The maximum Gasteiger partial charge on any atom is 0.230 e. The van der Waals surface area contributed by atoms with Crippen molar-refractivity contribution < 1.29 is 14.3 Å². The van der Waals surface area contributed by atoms with Crippen LogP contribution in [0.4, 0.5) is 17.5 Å². The summed E-state index contributed by atoms with van der Waals surface area (Å²) in [5.74, 6) is 2.71. The van der Waals surface area contributed by atoms with Gasteiger partial charge in [0.2, 0.25) is 11.8 Å². The van der Waals surface area contributed by atoms with Crippen LogP contribution in [0.15, 0.2) is 18.7 Å². The zero-order chi connectivity index (χ0) is 21.0. The Balaban J connectivity index is 1.42. The van der Waals surface area contributed by atoms with E-state index in [1.165, 1.54) is 0 Å². The molecule has 3 aliphatic heterocycles. The van der Waals surface area contributed by atoms with Crippen LogP contribution < -0.4 is 14.5 Å². The van der Waals surface area contributed by atoms with E-state index in [0.717, 1.165) is 69.1 Å². The van der Waals surface area contributed by atoms with E-state index in [4.69, 9.17) is 24.3 Å². The monoisotopic (exact) mass is 427 g/mol. The Morgan fingerprint density at radius 1 is 1.10 bits per heavy atom. The standard InChI is InChI=1S/C21H29N7O3/c1-29-27-5-2-3-16(13-27)14-31-20-18-4-6-28(17-11-22-15-23-12-17)19(18)24-21(25-20)26-7-9-30-10-8-26/h11-12,15-16H,2-10,13-14H2,1H3. The number of fused-ring (bicyclic) bond motifs is 1. The summed E-state index contributed by atoms with van der Waals surface area (Å²) in [7, 11) is 1.73. The van der Waals surface area contributed by atoms with Crippen molar-refractivity contribution in [3.63, 3.8) is 0 Å². The molecular weight excluding hydrogens is 398 g/mol. The van der Waals surface area contributed by atoms with Gasteiger partial charge in [0.05, 0.1) is 50.6 Å². The molecule has 0 saturated carbocycles. The van der Waals surface area contributed by atoms with Gasteiger partial charge in [0.15, 0.2) is 0 Å². The van der Waals surface area contributed by atoms with Gasteiger partial charge < -0.3 is 24.1 Å². The lowest BCUT2D eigenvalue weighted by molar-refractivity contribution is -0.155. The number of anilines is 3. The quantitative estimate of drug-likeness (QED) is 0.675. The second kappa shape index (κ2) is 9.29. The Morgan fingerprint density at radius 2 is 1.94 bits per heavy atom. The summed E-state index contributed by atoms with van der Waals surface area (Å²) < 4.78 is 11.9. The summed E-state index contributed by atoms with van der Waals surface area (Å²) in [5.41, 5.74) is 1.99. The molecule has 0 radical (unpaired) electrons. The summed E-state index contributed by atoms with van der Waals surface area (Å²) >= 11 is 0. The summed E-state index contributed by atoms with van der Waals surface area (Å²) in [6.45, 7) is 6.21. The molecule has 0 bridgehead atoms. The average molecular weight is 428 g/mol. The molecule has 2 aromatic heterocycles. The van der Waals surface area contributed by atoms with Crippen LogP contribution in [0, 0.1) is 5.92 Å². The molecule has 0 N–H and O–H groups in total. The van der Waals surface area contributed by atoms with E-state index >= 15 is 0 Å². The molecule has 1 unspecified atom stereocenters. The number of hydroxylamine groups is 2. The highest BCUT2D eigenvalue weighted by Crippen LogP contribution is 2.38. The van der Waals surface area contributed by atoms with Gasteiger partial charge >= 0.3 is 0 Å². The number of aromatic nitrogens is 4. The highest BCUT2D eigenvalue weighted by Gasteiger charge is 2.30. The molecule has 0 amide bonds. The van der Waals surface area contributed by atoms with Crippen LogP contribution in [-0.2, 0) is 16.0 Å². The Kier molecular flexibility index (Phi) is 6.10. The predicted molar refractivity (Wildman–Crippen MR) is 115 cm³/mol. The molecule has 2 aromatic rings. The molecule has 0 aromatic carbocycles. The van der Waals surface area contributed by atoms with Crippen LogP contribution in [0.25, 0.3) is 0 Å². The average Bonchev–Trinajstić information content (AvgIpc) is 3.28. The first-order chi connectivity index (χ1) is 15.3. The maximum absolute atomic E-state index is 6.35. The van der Waals surface area contributed by atoms with Gasteiger partial charge in [-0.25, -0.2) is 9.97 Å². The third kappa shape index (κ3) is 4.41. The molecule has 0 aliphatic carbocycles. The minimum Gasteiger partial charge on any atom is -0.477 e. The molecule has 166 valence electrons. The Morgan fingerprint density at radius 3 is 2.74 bits per heavy atom. The predicted octanol–water partition coefficient (Wildman–Crippen LogP) is 1.45. The summed E-state index contributed by atoms with van der Waals surface area (Å²) in [6, 6.07) is 0. The first-order valence-corrected chi connectivity index (χ1v) is 11.0. The first-order valence-electron chi connectivity index (χ1n) is 11.0. The Hall–Kier alpha value is -2.56. The lowest BCUT2D eigenvalue weighted by atomic mass is 10.0. The Bertz CT molecular complexity index is 879. The third-order valence-electron chi connectivity index (χ3n) is 6.12. The van der Waals surface area contributed by atoms with Gasteiger partial charge in [-0.05, 0) is 19.3 Å². The van der Waals surface area contributed by atoms with Gasteiger partial charge in [-0.2, -0.15) is 15.0 Å². The molecule has 1 atom stereocenters. The van der Waals surface area contributed by atoms with Crippen molar-refractivity contribution in [2.24, 2.45) is 5.92 Å². The van der Waals surface area contributed by atoms with E-state index in [1.54, 1.807) is 13.4 Å². The van der Waals surface area contributed by atoms with Crippen molar-refractivity contribution >= 4 is 17.5 Å². The van der Waals surface area contributed by atoms with E-state index in [-0.39, 0.29) is 0 Å². The highest BCUT2D eigenvalue weighted by molar-refractivity contribution is 5.68. The normalized spacial score (nSPS) is 21.9. The van der Waals surface area contributed by atoms with Gasteiger partial charge in [-0.1, -0.05) is 0 Å². The summed E-state index contributed by atoms with van der Waals surface area (Å²) in [6.07, 6.45) is 8.27. The number of rotatable bonds is 6. The molecule has 2 saturated heterocycles. The number of morpholine rings is 1. The molecule has 3 aliphatic rings. The van der Waals surface area contributed by atoms with Crippen LogP contribution in [0.5, 0.6) is 5.88 Å². The second-order valence-electron chi connectivity index (χ2n) is 8.12. The van der Waals surface area contributed by atoms with Crippen LogP contribution in [0.2, 0.25) is 0 Å². The van der Waals surface area contributed by atoms with Crippen LogP contribution in [0.1, 0.15) is 18.4 Å². The molecule has 5 heterocycles. The molecule has 31 heavy (non-hydrogen) atoms.